The van der Waals surface area contributed by atoms with Gasteiger partial charge in [0.15, 0.2) is 0 Å². The molecule has 11 heteroatoms. The third-order valence-corrected chi connectivity index (χ3v) is 7.29. The Morgan fingerprint density at radius 3 is 2.72 bits per heavy atom. The highest BCUT2D eigenvalue weighted by atomic mass is 19.1. The molecule has 2 saturated heterocycles. The number of aromatic nitrogens is 1. The summed E-state index contributed by atoms with van der Waals surface area (Å²) < 4.78 is 28.7. The van der Waals surface area contributed by atoms with Gasteiger partial charge in [-0.1, -0.05) is 0 Å². The number of carbonyl (C=O) groups excluding carboxylic acids is 2. The van der Waals surface area contributed by atoms with Gasteiger partial charge in [-0.05, 0) is 43.4 Å². The predicted octanol–water partition coefficient (Wildman–Crippen LogP) is 1.87. The van der Waals surface area contributed by atoms with Crippen LogP contribution in [0.5, 0.6) is 0 Å². The van der Waals surface area contributed by atoms with Crippen molar-refractivity contribution in [3.63, 3.8) is 0 Å². The van der Waals surface area contributed by atoms with Crippen LogP contribution in [0.25, 0.3) is 0 Å². The van der Waals surface area contributed by atoms with E-state index in [4.69, 9.17) is 5.73 Å². The van der Waals surface area contributed by atoms with Crippen molar-refractivity contribution in [2.24, 2.45) is 5.73 Å². The predicted molar refractivity (Wildman–Crippen MR) is 131 cm³/mol. The van der Waals surface area contributed by atoms with Gasteiger partial charge in [0.25, 0.3) is 5.91 Å². The number of halogens is 2. The molecule has 5 rings (SSSR count). The highest BCUT2D eigenvalue weighted by molar-refractivity contribution is 5.98. The van der Waals surface area contributed by atoms with Gasteiger partial charge >= 0.3 is 0 Å². The summed E-state index contributed by atoms with van der Waals surface area (Å²) in [6, 6.07) is 3.60. The molecule has 3 unspecified atom stereocenters. The largest absolute Gasteiger partial charge is 0.377 e. The summed E-state index contributed by atoms with van der Waals surface area (Å²) in [6.45, 7) is 2.90. The highest BCUT2D eigenvalue weighted by Gasteiger charge is 2.31. The van der Waals surface area contributed by atoms with Crippen LogP contribution in [0.3, 0.4) is 0 Å². The van der Waals surface area contributed by atoms with Gasteiger partial charge in [0.05, 0.1) is 23.5 Å². The molecular weight excluding hydrogens is 468 g/mol. The molecule has 1 aromatic carbocycles. The Balaban J connectivity index is 1.27. The molecule has 2 amide bonds. The van der Waals surface area contributed by atoms with E-state index in [-0.39, 0.29) is 29.2 Å². The number of fused-ring (bicyclic) bond motifs is 1. The van der Waals surface area contributed by atoms with Gasteiger partial charge in [-0.25, -0.2) is 13.8 Å². The van der Waals surface area contributed by atoms with E-state index in [1.54, 1.807) is 6.07 Å². The summed E-state index contributed by atoms with van der Waals surface area (Å²) in [7, 11) is 0. The van der Waals surface area contributed by atoms with Crippen LogP contribution < -0.4 is 27.0 Å². The van der Waals surface area contributed by atoms with E-state index in [1.165, 1.54) is 6.20 Å². The number of anilines is 2. The second kappa shape index (κ2) is 10.4. The van der Waals surface area contributed by atoms with Crippen LogP contribution in [0.1, 0.15) is 53.2 Å². The number of benzene rings is 1. The maximum absolute atomic E-state index is 14.5. The van der Waals surface area contributed by atoms with Crippen LogP contribution in [0.4, 0.5) is 20.3 Å². The molecule has 0 saturated carbocycles. The van der Waals surface area contributed by atoms with E-state index in [2.05, 4.69) is 26.3 Å². The third kappa shape index (κ3) is 4.98. The Morgan fingerprint density at radius 1 is 1.11 bits per heavy atom. The molecular formula is C25H31F2N7O2. The lowest BCUT2D eigenvalue weighted by Crippen LogP contribution is -2.54. The molecule has 9 nitrogen and oxygen atoms in total. The van der Waals surface area contributed by atoms with Crippen molar-refractivity contribution in [3.8, 4) is 0 Å². The first-order valence-electron chi connectivity index (χ1n) is 12.4. The Hall–Kier alpha value is -3.31. The summed E-state index contributed by atoms with van der Waals surface area (Å²) >= 11 is 0. The van der Waals surface area contributed by atoms with Gasteiger partial charge < -0.3 is 26.6 Å². The number of nitrogens with one attached hydrogen (secondary N) is 4. The number of hydrogen-bond donors (Lipinski definition) is 5. The molecule has 0 spiro atoms. The quantitative estimate of drug-likeness (QED) is 0.411. The topological polar surface area (TPSA) is 124 Å². The summed E-state index contributed by atoms with van der Waals surface area (Å²) in [5.74, 6) is -0.865. The van der Waals surface area contributed by atoms with E-state index < -0.39 is 23.6 Å². The lowest BCUT2D eigenvalue weighted by molar-refractivity contribution is -0.133. The number of nitrogens with zero attached hydrogens (tertiary/aromatic N) is 2. The Morgan fingerprint density at radius 2 is 1.94 bits per heavy atom. The number of rotatable bonds is 6. The smallest absolute Gasteiger partial charge is 0.252 e. The zero-order valence-corrected chi connectivity index (χ0v) is 19.9. The highest BCUT2D eigenvalue weighted by Crippen LogP contribution is 2.38. The normalized spacial score (nSPS) is 24.2. The number of primary amides is 1. The molecule has 2 aliphatic heterocycles. The van der Waals surface area contributed by atoms with Crippen molar-refractivity contribution in [2.45, 2.75) is 50.4 Å². The van der Waals surface area contributed by atoms with E-state index in [0.29, 0.717) is 49.4 Å². The Labute approximate surface area is 208 Å². The molecule has 3 aliphatic rings. The number of pyridine rings is 1. The average molecular weight is 500 g/mol. The van der Waals surface area contributed by atoms with Crippen LogP contribution in [0.15, 0.2) is 24.4 Å². The second-order valence-electron chi connectivity index (χ2n) is 9.56. The first-order chi connectivity index (χ1) is 17.4. The summed E-state index contributed by atoms with van der Waals surface area (Å²) in [5.41, 5.74) is 6.80. The maximum atomic E-state index is 14.5. The van der Waals surface area contributed by atoms with Crippen LogP contribution >= 0.6 is 0 Å². The summed E-state index contributed by atoms with van der Waals surface area (Å²) in [5, 5.41) is 13.2. The molecule has 192 valence electrons. The number of nitrogens with two attached hydrogens (primary N) is 1. The average Bonchev–Trinajstić information content (AvgIpc) is 3.17. The lowest BCUT2D eigenvalue weighted by Gasteiger charge is -2.37. The van der Waals surface area contributed by atoms with Gasteiger partial charge in [0.2, 0.25) is 5.91 Å². The van der Waals surface area contributed by atoms with Crippen molar-refractivity contribution in [3.05, 3.63) is 52.7 Å². The van der Waals surface area contributed by atoms with E-state index in [9.17, 15) is 18.4 Å². The molecule has 2 aromatic rings. The number of hydrogen-bond acceptors (Lipinski definition) is 7. The molecule has 3 atom stereocenters. The van der Waals surface area contributed by atoms with Crippen molar-refractivity contribution < 1.29 is 18.4 Å². The maximum Gasteiger partial charge on any atom is 0.252 e. The summed E-state index contributed by atoms with van der Waals surface area (Å²) in [6.07, 6.45) is 4.37. The van der Waals surface area contributed by atoms with Crippen LogP contribution in [0, 0.1) is 11.6 Å². The minimum atomic E-state index is -0.662. The second-order valence-corrected chi connectivity index (χ2v) is 9.56. The van der Waals surface area contributed by atoms with E-state index in [1.807, 2.05) is 4.90 Å². The van der Waals surface area contributed by atoms with Crippen molar-refractivity contribution in [2.75, 3.05) is 36.8 Å². The van der Waals surface area contributed by atoms with Crippen molar-refractivity contribution in [1.82, 2.24) is 20.5 Å². The minimum absolute atomic E-state index is 0.0695. The number of carbonyl (C=O) groups is 2. The lowest BCUT2D eigenvalue weighted by atomic mass is 10.0. The minimum Gasteiger partial charge on any atom is -0.377 e. The summed E-state index contributed by atoms with van der Waals surface area (Å²) in [4.78, 5) is 30.8. The molecule has 0 radical (unpaired) electrons. The van der Waals surface area contributed by atoms with Crippen LogP contribution in [-0.4, -0.2) is 60.1 Å². The fraction of sp³-hybridized carbons (Fsp3) is 0.480. The Kier molecular flexibility index (Phi) is 7.01. The molecule has 0 bridgehead atoms. The zero-order valence-electron chi connectivity index (χ0n) is 19.9. The van der Waals surface area contributed by atoms with E-state index >= 15 is 0 Å². The third-order valence-electron chi connectivity index (χ3n) is 7.29. The van der Waals surface area contributed by atoms with Gasteiger partial charge in [0, 0.05) is 56.5 Å². The van der Waals surface area contributed by atoms with Crippen LogP contribution in [0.2, 0.25) is 0 Å². The molecule has 1 aliphatic carbocycles. The van der Waals surface area contributed by atoms with E-state index in [0.717, 1.165) is 38.1 Å². The van der Waals surface area contributed by atoms with Crippen LogP contribution in [-0.2, 0) is 11.2 Å². The molecule has 36 heavy (non-hydrogen) atoms. The first-order valence-corrected chi connectivity index (χ1v) is 12.4. The monoisotopic (exact) mass is 499 g/mol. The number of amides is 2. The molecule has 3 heterocycles. The molecule has 1 aromatic heterocycles. The SMILES string of the molecule is NC(=O)c1cnc(NC2CCC(N3CCNCCC3=O)CN2)cc1NC1CCc2c(F)ccc(F)c21. The standard InChI is InChI=1S/C25H31F2N7O2/c26-17-3-4-18(27)24-15(17)2-5-19(24)32-20-11-22(31-13-16(20)25(28)36)33-21-6-1-14(12-30-21)34-10-9-29-8-7-23(34)35/h3-4,11,13-14,19,21,29-30H,1-2,5-10,12H2,(H2,28,36)(H2,31,32,33). The first kappa shape index (κ1) is 24.4. The number of piperidine rings is 1. The van der Waals surface area contributed by atoms with Gasteiger partial charge in [0.1, 0.15) is 17.5 Å². The zero-order chi connectivity index (χ0) is 25.2. The van der Waals surface area contributed by atoms with Gasteiger partial charge in [-0.15, -0.1) is 0 Å². The fourth-order valence-electron chi connectivity index (χ4n) is 5.44. The van der Waals surface area contributed by atoms with Crippen molar-refractivity contribution in [1.29, 1.82) is 0 Å². The van der Waals surface area contributed by atoms with Gasteiger partial charge in [-0.2, -0.15) is 0 Å². The molecule has 2 fully saturated rings. The van der Waals surface area contributed by atoms with Gasteiger partial charge in [-0.3, -0.25) is 14.9 Å². The van der Waals surface area contributed by atoms with Crippen molar-refractivity contribution >= 4 is 23.3 Å². The fourth-order valence-corrected chi connectivity index (χ4v) is 5.44. The molecule has 6 N–H and O–H groups in total. The Bertz CT molecular complexity index is 1150.